The Morgan fingerprint density at radius 3 is 2.08 bits per heavy atom. The molecule has 0 saturated carbocycles. The van der Waals surface area contributed by atoms with Gasteiger partial charge in [-0.3, -0.25) is 0 Å². The van der Waals surface area contributed by atoms with E-state index in [9.17, 15) is 5.11 Å². The first-order valence-electron chi connectivity index (χ1n) is 8.51. The van der Waals surface area contributed by atoms with Crippen molar-refractivity contribution in [3.8, 4) is 28.9 Å². The highest BCUT2D eigenvalue weighted by Crippen LogP contribution is 2.30. The fraction of sp³-hybridized carbons (Fsp3) is 0.190. The van der Waals surface area contributed by atoms with E-state index in [4.69, 9.17) is 9.47 Å². The van der Waals surface area contributed by atoms with Crippen LogP contribution in [0, 0.1) is 6.92 Å². The number of ether oxygens (including phenoxy) is 2. The van der Waals surface area contributed by atoms with Crippen LogP contribution in [0.3, 0.4) is 0 Å². The third kappa shape index (κ3) is 4.06. The zero-order chi connectivity index (χ0) is 18.5. The number of hydrogen-bond acceptors (Lipinski definition) is 4. The summed E-state index contributed by atoms with van der Waals surface area (Å²) in [5, 5.41) is 13.8. The molecule has 1 aromatic heterocycles. The molecule has 0 amide bonds. The minimum atomic E-state index is 0.209. The Bertz CT molecular complexity index is 894. The Kier molecular flexibility index (Phi) is 5.27. The summed E-state index contributed by atoms with van der Waals surface area (Å²) in [5.74, 6) is 2.97. The average Bonchev–Trinajstić information content (AvgIpc) is 2.90. The average molecular weight is 350 g/mol. The smallest absolute Gasteiger partial charge is 0.225 e. The Morgan fingerprint density at radius 1 is 0.962 bits per heavy atom. The van der Waals surface area contributed by atoms with Crippen molar-refractivity contribution in [1.29, 1.82) is 0 Å². The molecule has 26 heavy (non-hydrogen) atoms. The van der Waals surface area contributed by atoms with Crippen LogP contribution >= 0.6 is 0 Å². The lowest BCUT2D eigenvalue weighted by molar-refractivity contribution is 0.427. The highest BCUT2D eigenvalue weighted by molar-refractivity contribution is 5.58. The van der Waals surface area contributed by atoms with Gasteiger partial charge in [0.25, 0.3) is 0 Å². The van der Waals surface area contributed by atoms with Crippen molar-refractivity contribution >= 4 is 6.08 Å². The summed E-state index contributed by atoms with van der Waals surface area (Å²) in [6.45, 7) is 4.06. The SMILES string of the molecule is CC/C=C\c1c(C)nn(C)c1Oc1ccc(Oc2ccc(O)cc2)cc1. The lowest BCUT2D eigenvalue weighted by Gasteiger charge is -2.09. The summed E-state index contributed by atoms with van der Waals surface area (Å²) >= 11 is 0. The fourth-order valence-electron chi connectivity index (χ4n) is 2.54. The Balaban J connectivity index is 1.75. The van der Waals surface area contributed by atoms with E-state index in [0.717, 1.165) is 17.7 Å². The molecule has 5 heteroatoms. The first kappa shape index (κ1) is 17.6. The van der Waals surface area contributed by atoms with Gasteiger partial charge in [-0.2, -0.15) is 5.10 Å². The zero-order valence-electron chi connectivity index (χ0n) is 15.1. The number of phenols is 1. The Morgan fingerprint density at radius 2 is 1.50 bits per heavy atom. The molecule has 0 fully saturated rings. The van der Waals surface area contributed by atoms with Gasteiger partial charge in [-0.1, -0.05) is 19.1 Å². The second kappa shape index (κ2) is 7.78. The van der Waals surface area contributed by atoms with Crippen molar-refractivity contribution in [3.05, 3.63) is 65.9 Å². The van der Waals surface area contributed by atoms with Crippen LogP contribution in [0.1, 0.15) is 24.6 Å². The maximum Gasteiger partial charge on any atom is 0.225 e. The minimum Gasteiger partial charge on any atom is -0.508 e. The van der Waals surface area contributed by atoms with Crippen LogP contribution in [-0.2, 0) is 7.05 Å². The number of aromatic nitrogens is 2. The normalized spacial score (nSPS) is 11.0. The van der Waals surface area contributed by atoms with Crippen molar-refractivity contribution in [2.45, 2.75) is 20.3 Å². The standard InChI is InChI=1S/C21H22N2O3/c1-4-5-6-20-15(2)22-23(3)21(20)26-19-13-11-18(12-14-19)25-17-9-7-16(24)8-10-17/h5-14,24H,4H2,1-3H3/b6-5-. The van der Waals surface area contributed by atoms with Crippen LogP contribution < -0.4 is 9.47 Å². The predicted molar refractivity (Wildman–Crippen MR) is 102 cm³/mol. The molecule has 2 aromatic carbocycles. The predicted octanol–water partition coefficient (Wildman–Crippen LogP) is 5.44. The summed E-state index contributed by atoms with van der Waals surface area (Å²) in [7, 11) is 1.87. The van der Waals surface area contributed by atoms with E-state index >= 15 is 0 Å². The number of allylic oxidation sites excluding steroid dienone is 1. The highest BCUT2D eigenvalue weighted by atomic mass is 16.5. The van der Waals surface area contributed by atoms with E-state index in [1.165, 1.54) is 0 Å². The van der Waals surface area contributed by atoms with Gasteiger partial charge in [-0.25, -0.2) is 4.68 Å². The van der Waals surface area contributed by atoms with E-state index in [2.05, 4.69) is 18.1 Å². The van der Waals surface area contributed by atoms with Crippen LogP contribution in [0.25, 0.3) is 6.08 Å². The second-order valence-electron chi connectivity index (χ2n) is 5.91. The molecule has 0 bridgehead atoms. The number of phenolic OH excluding ortho intramolecular Hbond substituents is 1. The monoisotopic (exact) mass is 350 g/mol. The highest BCUT2D eigenvalue weighted by Gasteiger charge is 2.13. The summed E-state index contributed by atoms with van der Waals surface area (Å²) in [4.78, 5) is 0. The molecule has 0 aliphatic carbocycles. The first-order chi connectivity index (χ1) is 12.6. The molecular weight excluding hydrogens is 328 g/mol. The molecule has 5 nitrogen and oxygen atoms in total. The van der Waals surface area contributed by atoms with Crippen LogP contribution in [-0.4, -0.2) is 14.9 Å². The zero-order valence-corrected chi connectivity index (χ0v) is 15.1. The molecule has 0 radical (unpaired) electrons. The quantitative estimate of drug-likeness (QED) is 0.643. The van der Waals surface area contributed by atoms with Gasteiger partial charge >= 0.3 is 0 Å². The van der Waals surface area contributed by atoms with E-state index in [1.807, 2.05) is 44.3 Å². The Labute approximate surface area is 153 Å². The lowest BCUT2D eigenvalue weighted by Crippen LogP contribution is -1.96. The fourth-order valence-corrected chi connectivity index (χ4v) is 2.54. The topological polar surface area (TPSA) is 56.5 Å². The van der Waals surface area contributed by atoms with Crippen LogP contribution in [0.5, 0.6) is 28.9 Å². The summed E-state index contributed by atoms with van der Waals surface area (Å²) in [5.41, 5.74) is 1.92. The second-order valence-corrected chi connectivity index (χ2v) is 5.91. The van der Waals surface area contributed by atoms with Gasteiger partial charge in [0, 0.05) is 7.05 Å². The van der Waals surface area contributed by atoms with Gasteiger partial charge in [-0.15, -0.1) is 0 Å². The number of hydrogen-bond donors (Lipinski definition) is 1. The molecule has 1 N–H and O–H groups in total. The summed E-state index contributed by atoms with van der Waals surface area (Å²) < 4.78 is 13.5. The van der Waals surface area contributed by atoms with E-state index in [-0.39, 0.29) is 5.75 Å². The number of rotatable bonds is 6. The number of nitrogens with zero attached hydrogens (tertiary/aromatic N) is 2. The number of benzene rings is 2. The maximum atomic E-state index is 9.32. The van der Waals surface area contributed by atoms with Gasteiger partial charge in [0.05, 0.1) is 11.3 Å². The molecule has 1 heterocycles. The minimum absolute atomic E-state index is 0.209. The molecule has 0 saturated heterocycles. The molecule has 0 aliphatic rings. The van der Waals surface area contributed by atoms with Crippen LogP contribution in [0.15, 0.2) is 54.6 Å². The molecule has 0 aliphatic heterocycles. The lowest BCUT2D eigenvalue weighted by atomic mass is 10.2. The van der Waals surface area contributed by atoms with E-state index in [0.29, 0.717) is 23.1 Å². The van der Waals surface area contributed by atoms with Gasteiger partial charge in [0.1, 0.15) is 23.0 Å². The molecule has 134 valence electrons. The molecule has 3 rings (SSSR count). The van der Waals surface area contributed by atoms with Crippen LogP contribution in [0.2, 0.25) is 0 Å². The largest absolute Gasteiger partial charge is 0.508 e. The molecule has 0 unspecified atom stereocenters. The van der Waals surface area contributed by atoms with E-state index in [1.54, 1.807) is 28.9 Å². The van der Waals surface area contributed by atoms with Gasteiger partial charge < -0.3 is 14.6 Å². The number of aromatic hydroxyl groups is 1. The summed E-state index contributed by atoms with van der Waals surface area (Å²) in [6, 6.07) is 14.0. The number of aryl methyl sites for hydroxylation is 2. The van der Waals surface area contributed by atoms with Crippen LogP contribution in [0.4, 0.5) is 0 Å². The van der Waals surface area contributed by atoms with Crippen molar-refractivity contribution in [2.75, 3.05) is 0 Å². The van der Waals surface area contributed by atoms with Crippen molar-refractivity contribution in [2.24, 2.45) is 7.05 Å². The molecule has 0 atom stereocenters. The van der Waals surface area contributed by atoms with Gasteiger partial charge in [0.2, 0.25) is 5.88 Å². The van der Waals surface area contributed by atoms with Gasteiger partial charge in [-0.05, 0) is 61.9 Å². The maximum absolute atomic E-state index is 9.32. The first-order valence-corrected chi connectivity index (χ1v) is 8.51. The third-order valence-corrected chi connectivity index (χ3v) is 3.85. The molecular formula is C21H22N2O3. The third-order valence-electron chi connectivity index (χ3n) is 3.85. The molecule has 3 aromatic rings. The van der Waals surface area contributed by atoms with Crippen molar-refractivity contribution in [3.63, 3.8) is 0 Å². The Hall–Kier alpha value is -3.21. The van der Waals surface area contributed by atoms with E-state index < -0.39 is 0 Å². The van der Waals surface area contributed by atoms with Crippen molar-refractivity contribution in [1.82, 2.24) is 9.78 Å². The van der Waals surface area contributed by atoms with Gasteiger partial charge in [0.15, 0.2) is 0 Å². The van der Waals surface area contributed by atoms with Crippen molar-refractivity contribution < 1.29 is 14.6 Å². The molecule has 0 spiro atoms. The summed E-state index contributed by atoms with van der Waals surface area (Å²) in [6.07, 6.45) is 5.09.